The van der Waals surface area contributed by atoms with Crippen LogP contribution in [0.1, 0.15) is 23.5 Å². The minimum atomic E-state index is 0.0929. The van der Waals surface area contributed by atoms with Crippen LogP contribution in [0, 0.1) is 0 Å². The van der Waals surface area contributed by atoms with E-state index >= 15 is 0 Å². The summed E-state index contributed by atoms with van der Waals surface area (Å²) < 4.78 is 5.36. The number of rotatable bonds is 4. The fourth-order valence-electron chi connectivity index (χ4n) is 3.20. The van der Waals surface area contributed by atoms with Gasteiger partial charge < -0.3 is 15.1 Å². The second-order valence-corrected chi connectivity index (χ2v) is 5.96. The first-order valence-electron chi connectivity index (χ1n) is 7.85. The number of furan rings is 1. The maximum absolute atomic E-state index is 11.8. The molecule has 1 aliphatic rings. The van der Waals surface area contributed by atoms with Crippen LogP contribution in [0.25, 0.3) is 11.0 Å². The van der Waals surface area contributed by atoms with Gasteiger partial charge in [-0.3, -0.25) is 4.79 Å². The molecule has 4 rings (SSSR count). The molecule has 4 heteroatoms. The highest BCUT2D eigenvalue weighted by Gasteiger charge is 2.24. The van der Waals surface area contributed by atoms with Crippen molar-refractivity contribution in [1.29, 1.82) is 0 Å². The minimum absolute atomic E-state index is 0.0929. The lowest BCUT2D eigenvalue weighted by molar-refractivity contribution is -0.116. The summed E-state index contributed by atoms with van der Waals surface area (Å²) in [6, 6.07) is 16.2. The highest BCUT2D eigenvalue weighted by molar-refractivity contribution is 5.94. The first-order chi connectivity index (χ1) is 11.3. The Morgan fingerprint density at radius 2 is 2.09 bits per heavy atom. The summed E-state index contributed by atoms with van der Waals surface area (Å²) >= 11 is 0. The molecule has 0 saturated heterocycles. The third kappa shape index (κ3) is 2.85. The van der Waals surface area contributed by atoms with Gasteiger partial charge in [-0.1, -0.05) is 24.3 Å². The molecule has 1 atom stereocenters. The summed E-state index contributed by atoms with van der Waals surface area (Å²) in [4.78, 5) is 11.8. The van der Waals surface area contributed by atoms with Gasteiger partial charge in [0.15, 0.2) is 0 Å². The van der Waals surface area contributed by atoms with Crippen LogP contribution in [-0.4, -0.2) is 12.5 Å². The third-order valence-electron chi connectivity index (χ3n) is 4.34. The van der Waals surface area contributed by atoms with Crippen molar-refractivity contribution in [3.8, 4) is 0 Å². The first-order valence-corrected chi connectivity index (χ1v) is 7.85. The Morgan fingerprint density at radius 1 is 1.17 bits per heavy atom. The topological polar surface area (TPSA) is 54.3 Å². The fourth-order valence-corrected chi connectivity index (χ4v) is 3.20. The molecule has 0 spiro atoms. The summed E-state index contributed by atoms with van der Waals surface area (Å²) in [5.41, 5.74) is 4.28. The number of fused-ring (bicyclic) bond motifs is 2. The second-order valence-electron chi connectivity index (χ2n) is 5.96. The summed E-state index contributed by atoms with van der Waals surface area (Å²) in [5, 5.41) is 7.53. The van der Waals surface area contributed by atoms with E-state index in [0.717, 1.165) is 29.7 Å². The van der Waals surface area contributed by atoms with E-state index in [9.17, 15) is 4.79 Å². The molecule has 0 radical (unpaired) electrons. The van der Waals surface area contributed by atoms with Crippen LogP contribution >= 0.6 is 0 Å². The predicted molar refractivity (Wildman–Crippen MR) is 90.4 cm³/mol. The lowest BCUT2D eigenvalue weighted by atomic mass is 9.90. The Labute approximate surface area is 134 Å². The van der Waals surface area contributed by atoms with Gasteiger partial charge in [-0.15, -0.1) is 0 Å². The van der Waals surface area contributed by atoms with Crippen molar-refractivity contribution in [2.24, 2.45) is 0 Å². The molecule has 2 heterocycles. The quantitative estimate of drug-likeness (QED) is 0.773. The molecule has 2 aromatic carbocycles. The standard InChI is InChI=1S/C19H18N2O2/c22-19-10-15(16-3-1-2-4-17(16)21-19)12-20-11-13-5-6-18-14(9-13)7-8-23-18/h1-9,15,20H,10-12H2,(H,21,22). The highest BCUT2D eigenvalue weighted by atomic mass is 16.3. The Balaban J connectivity index is 1.44. The van der Waals surface area contributed by atoms with Crippen molar-refractivity contribution in [3.63, 3.8) is 0 Å². The van der Waals surface area contributed by atoms with Gasteiger partial charge in [0, 0.05) is 36.5 Å². The lowest BCUT2D eigenvalue weighted by Gasteiger charge is -2.25. The van der Waals surface area contributed by atoms with Gasteiger partial charge in [0.2, 0.25) is 5.91 Å². The zero-order valence-electron chi connectivity index (χ0n) is 12.7. The number of hydrogen-bond donors (Lipinski definition) is 2. The lowest BCUT2D eigenvalue weighted by Crippen LogP contribution is -2.29. The molecule has 2 N–H and O–H groups in total. The average molecular weight is 306 g/mol. The molecule has 4 nitrogen and oxygen atoms in total. The van der Waals surface area contributed by atoms with E-state index in [-0.39, 0.29) is 11.8 Å². The first kappa shape index (κ1) is 14.0. The van der Waals surface area contributed by atoms with Crippen LogP contribution in [0.15, 0.2) is 59.2 Å². The van der Waals surface area contributed by atoms with Crippen molar-refractivity contribution in [2.75, 3.05) is 11.9 Å². The third-order valence-corrected chi connectivity index (χ3v) is 4.34. The van der Waals surface area contributed by atoms with E-state index in [1.54, 1.807) is 6.26 Å². The molecule has 0 fully saturated rings. The van der Waals surface area contributed by atoms with Gasteiger partial charge >= 0.3 is 0 Å². The van der Waals surface area contributed by atoms with Gasteiger partial charge in [-0.2, -0.15) is 0 Å². The molecule has 23 heavy (non-hydrogen) atoms. The van der Waals surface area contributed by atoms with Crippen LogP contribution in [-0.2, 0) is 11.3 Å². The van der Waals surface area contributed by atoms with E-state index in [2.05, 4.69) is 28.8 Å². The monoisotopic (exact) mass is 306 g/mol. The maximum atomic E-state index is 11.8. The number of benzene rings is 2. The predicted octanol–water partition coefficient (Wildman–Crippen LogP) is 3.65. The van der Waals surface area contributed by atoms with Crippen LogP contribution in [0.4, 0.5) is 5.69 Å². The van der Waals surface area contributed by atoms with Gasteiger partial charge in [0.05, 0.1) is 6.26 Å². The van der Waals surface area contributed by atoms with E-state index in [4.69, 9.17) is 4.42 Å². The summed E-state index contributed by atoms with van der Waals surface area (Å²) in [5.74, 6) is 0.313. The number of nitrogens with one attached hydrogen (secondary N) is 2. The molecular formula is C19H18N2O2. The van der Waals surface area contributed by atoms with Crippen molar-refractivity contribution in [2.45, 2.75) is 18.9 Å². The van der Waals surface area contributed by atoms with Gasteiger partial charge in [-0.05, 0) is 35.4 Å². The van der Waals surface area contributed by atoms with Crippen LogP contribution in [0.5, 0.6) is 0 Å². The maximum Gasteiger partial charge on any atom is 0.225 e. The molecule has 0 bridgehead atoms. The number of amides is 1. The van der Waals surface area contributed by atoms with Crippen molar-refractivity contribution in [1.82, 2.24) is 5.32 Å². The van der Waals surface area contributed by atoms with Gasteiger partial charge in [-0.25, -0.2) is 0 Å². The van der Waals surface area contributed by atoms with E-state index < -0.39 is 0 Å². The Kier molecular flexibility index (Phi) is 3.60. The van der Waals surface area contributed by atoms with Gasteiger partial charge in [0.25, 0.3) is 0 Å². The minimum Gasteiger partial charge on any atom is -0.464 e. The SMILES string of the molecule is O=C1CC(CNCc2ccc3occc3c2)c2ccccc2N1. The Morgan fingerprint density at radius 3 is 3.04 bits per heavy atom. The smallest absolute Gasteiger partial charge is 0.225 e. The molecule has 1 aromatic heterocycles. The Bertz CT molecular complexity index is 853. The number of carbonyl (C=O) groups excluding carboxylic acids is 1. The van der Waals surface area contributed by atoms with Crippen molar-refractivity contribution < 1.29 is 9.21 Å². The molecule has 116 valence electrons. The summed E-state index contributed by atoms with van der Waals surface area (Å²) in [6.07, 6.45) is 2.24. The van der Waals surface area contributed by atoms with Crippen LogP contribution in [0.2, 0.25) is 0 Å². The number of anilines is 1. The van der Waals surface area contributed by atoms with E-state index in [1.807, 2.05) is 30.3 Å². The molecule has 0 saturated carbocycles. The number of carbonyl (C=O) groups is 1. The summed E-state index contributed by atoms with van der Waals surface area (Å²) in [7, 11) is 0. The van der Waals surface area contributed by atoms with Gasteiger partial charge in [0.1, 0.15) is 5.58 Å². The second kappa shape index (κ2) is 5.89. The number of para-hydroxylation sites is 1. The zero-order valence-corrected chi connectivity index (χ0v) is 12.7. The molecular weight excluding hydrogens is 288 g/mol. The fraction of sp³-hybridized carbons (Fsp3) is 0.211. The van der Waals surface area contributed by atoms with Crippen LogP contribution < -0.4 is 10.6 Å². The van der Waals surface area contributed by atoms with Crippen molar-refractivity contribution in [3.05, 3.63) is 65.9 Å². The molecule has 1 aliphatic heterocycles. The molecule has 3 aromatic rings. The largest absolute Gasteiger partial charge is 0.464 e. The van der Waals surface area contributed by atoms with E-state index in [0.29, 0.717) is 6.42 Å². The van der Waals surface area contributed by atoms with Crippen molar-refractivity contribution >= 4 is 22.6 Å². The summed E-state index contributed by atoms with van der Waals surface area (Å²) in [6.45, 7) is 1.56. The zero-order chi connectivity index (χ0) is 15.6. The van der Waals surface area contributed by atoms with Crippen LogP contribution in [0.3, 0.4) is 0 Å². The molecule has 1 amide bonds. The molecule has 1 unspecified atom stereocenters. The Hall–Kier alpha value is -2.59. The number of hydrogen-bond acceptors (Lipinski definition) is 3. The highest BCUT2D eigenvalue weighted by Crippen LogP contribution is 2.31. The average Bonchev–Trinajstić information content (AvgIpc) is 3.02. The normalized spacial score (nSPS) is 17.0. The molecule has 0 aliphatic carbocycles. The van der Waals surface area contributed by atoms with E-state index in [1.165, 1.54) is 11.1 Å².